The first-order valence-corrected chi connectivity index (χ1v) is 5.07. The predicted molar refractivity (Wildman–Crippen MR) is 54.6 cm³/mol. The summed E-state index contributed by atoms with van der Waals surface area (Å²) in [5.74, 6) is -0.983. The molecule has 1 aromatic rings. The zero-order chi connectivity index (χ0) is 11.1. The number of nitrogens with zero attached hydrogens (tertiary/aromatic N) is 3. The van der Waals surface area contributed by atoms with Crippen LogP contribution in [0.4, 0.5) is 4.39 Å². The zero-order valence-corrected chi connectivity index (χ0v) is 10.4. The van der Waals surface area contributed by atoms with Crippen molar-refractivity contribution < 1.29 is 4.39 Å². The number of hydrogen-bond donors (Lipinski definition) is 0. The second-order valence-electron chi connectivity index (χ2n) is 2.42. The second kappa shape index (κ2) is 3.83. The van der Waals surface area contributed by atoms with E-state index in [1.54, 1.807) is 0 Å². The first kappa shape index (κ1) is 12.6. The van der Waals surface area contributed by atoms with Crippen LogP contribution in [-0.4, -0.2) is 18.8 Å². The molecule has 1 rings (SSSR count). The van der Waals surface area contributed by atoms with E-state index in [0.717, 1.165) is 4.68 Å². The maximum absolute atomic E-state index is 13.1. The van der Waals surface area contributed by atoms with Crippen molar-refractivity contribution in [3.8, 4) is 0 Å². The lowest BCUT2D eigenvalue weighted by Crippen LogP contribution is -2.31. The molecule has 0 spiro atoms. The number of aromatic nitrogens is 3. The molecular formula is C5H3Cl5FN3. The third-order valence-corrected chi connectivity index (χ3v) is 3.79. The molecule has 0 amide bonds. The van der Waals surface area contributed by atoms with Crippen LogP contribution in [0.1, 0.15) is 5.69 Å². The highest BCUT2D eigenvalue weighted by Gasteiger charge is 2.51. The molecule has 0 aliphatic carbocycles. The number of alkyl halides is 5. The summed E-state index contributed by atoms with van der Waals surface area (Å²) in [6, 6.07) is 0. The molecule has 1 heterocycles. The van der Waals surface area contributed by atoms with Gasteiger partial charge in [-0.3, -0.25) is 0 Å². The molecule has 0 aliphatic heterocycles. The highest BCUT2D eigenvalue weighted by molar-refractivity contribution is 6.75. The maximum Gasteiger partial charge on any atom is 0.259 e. The van der Waals surface area contributed by atoms with Gasteiger partial charge < -0.3 is 0 Å². The van der Waals surface area contributed by atoms with Crippen LogP contribution in [0.5, 0.6) is 0 Å². The van der Waals surface area contributed by atoms with Crippen molar-refractivity contribution in [3.63, 3.8) is 0 Å². The van der Waals surface area contributed by atoms with E-state index in [0.29, 0.717) is 0 Å². The van der Waals surface area contributed by atoms with Crippen molar-refractivity contribution in [3.05, 3.63) is 11.6 Å². The lowest BCUT2D eigenvalue weighted by Gasteiger charge is -2.26. The molecular weight excluding hydrogens is 298 g/mol. The fraction of sp³-hybridized carbons (Fsp3) is 0.600. The number of aryl methyl sites for hydroxylation is 1. The molecule has 0 bridgehead atoms. The molecule has 0 fully saturated rings. The standard InChI is InChI=1S/C5H3Cl5FN3/c1-14-2(3(11)12-13-14)4(6,7)5(8,9)10/h1H3. The van der Waals surface area contributed by atoms with Crippen molar-refractivity contribution in [2.45, 2.75) is 8.13 Å². The van der Waals surface area contributed by atoms with Gasteiger partial charge in [-0.15, -0.1) is 0 Å². The molecule has 9 heteroatoms. The summed E-state index contributed by atoms with van der Waals surface area (Å²) in [6.07, 6.45) is 0. The number of hydrogen-bond acceptors (Lipinski definition) is 2. The van der Waals surface area contributed by atoms with E-state index in [1.807, 2.05) is 0 Å². The van der Waals surface area contributed by atoms with E-state index >= 15 is 0 Å². The molecule has 0 aromatic carbocycles. The van der Waals surface area contributed by atoms with Crippen LogP contribution in [-0.2, 0) is 11.4 Å². The molecule has 0 unspecified atom stereocenters. The molecule has 0 aliphatic rings. The third kappa shape index (κ3) is 2.04. The fourth-order valence-electron chi connectivity index (χ4n) is 0.799. The van der Waals surface area contributed by atoms with Crippen LogP contribution in [0.25, 0.3) is 0 Å². The number of rotatable bonds is 1. The summed E-state index contributed by atoms with van der Waals surface area (Å²) in [6.45, 7) is 0. The average Bonchev–Trinajstić information content (AvgIpc) is 2.28. The van der Waals surface area contributed by atoms with Crippen LogP contribution in [0.3, 0.4) is 0 Å². The molecule has 0 radical (unpaired) electrons. The van der Waals surface area contributed by atoms with E-state index in [4.69, 9.17) is 58.0 Å². The Labute approximate surface area is 104 Å². The Morgan fingerprint density at radius 3 is 2.00 bits per heavy atom. The SMILES string of the molecule is Cn1nnc(F)c1C(Cl)(Cl)C(Cl)(Cl)Cl. The Balaban J connectivity index is 3.29. The quantitative estimate of drug-likeness (QED) is 0.747. The summed E-state index contributed by atoms with van der Waals surface area (Å²) < 4.78 is 9.95. The molecule has 0 saturated heterocycles. The summed E-state index contributed by atoms with van der Waals surface area (Å²) >= 11 is 27.9. The minimum absolute atomic E-state index is 0.305. The molecule has 80 valence electrons. The highest BCUT2D eigenvalue weighted by atomic mass is 35.6. The van der Waals surface area contributed by atoms with Crippen LogP contribution in [0.2, 0.25) is 0 Å². The van der Waals surface area contributed by atoms with Crippen LogP contribution < -0.4 is 0 Å². The minimum Gasteiger partial charge on any atom is -0.246 e. The minimum atomic E-state index is -2.09. The largest absolute Gasteiger partial charge is 0.259 e. The Hall–Kier alpha value is 0.520. The summed E-state index contributed by atoms with van der Waals surface area (Å²) in [5.41, 5.74) is -0.305. The van der Waals surface area contributed by atoms with Gasteiger partial charge in [-0.25, -0.2) is 4.68 Å². The topological polar surface area (TPSA) is 30.7 Å². The zero-order valence-electron chi connectivity index (χ0n) is 6.61. The second-order valence-corrected chi connectivity index (χ2v) is 6.03. The van der Waals surface area contributed by atoms with Crippen molar-refractivity contribution in [2.24, 2.45) is 7.05 Å². The van der Waals surface area contributed by atoms with Gasteiger partial charge in [-0.05, 0) is 0 Å². The van der Waals surface area contributed by atoms with Crippen LogP contribution >= 0.6 is 58.0 Å². The van der Waals surface area contributed by atoms with Crippen molar-refractivity contribution in [1.29, 1.82) is 0 Å². The van der Waals surface area contributed by atoms with E-state index in [-0.39, 0.29) is 5.69 Å². The Kier molecular flexibility index (Phi) is 3.44. The smallest absolute Gasteiger partial charge is 0.246 e. The first-order valence-electron chi connectivity index (χ1n) is 3.18. The third-order valence-electron chi connectivity index (χ3n) is 1.44. The summed E-state index contributed by atoms with van der Waals surface area (Å²) in [5, 5.41) is 6.44. The van der Waals surface area contributed by atoms with Crippen molar-refractivity contribution in [2.75, 3.05) is 0 Å². The summed E-state index contributed by atoms with van der Waals surface area (Å²) in [4.78, 5) is 0. The maximum atomic E-state index is 13.1. The lowest BCUT2D eigenvalue weighted by molar-refractivity contribution is 0.555. The molecule has 0 atom stereocenters. The van der Waals surface area contributed by atoms with Gasteiger partial charge in [0.25, 0.3) is 5.95 Å². The number of halogens is 6. The van der Waals surface area contributed by atoms with Crippen molar-refractivity contribution >= 4 is 58.0 Å². The van der Waals surface area contributed by atoms with Crippen LogP contribution in [0.15, 0.2) is 0 Å². The van der Waals surface area contributed by atoms with E-state index < -0.39 is 14.1 Å². The van der Waals surface area contributed by atoms with E-state index in [2.05, 4.69) is 10.3 Å². The van der Waals surface area contributed by atoms with Gasteiger partial charge in [0.15, 0.2) is 0 Å². The van der Waals surface area contributed by atoms with E-state index in [1.165, 1.54) is 7.05 Å². The first-order chi connectivity index (χ1) is 6.18. The van der Waals surface area contributed by atoms with Gasteiger partial charge in [0.2, 0.25) is 8.13 Å². The van der Waals surface area contributed by atoms with Crippen LogP contribution in [0, 0.1) is 5.95 Å². The molecule has 3 nitrogen and oxygen atoms in total. The van der Waals surface area contributed by atoms with Gasteiger partial charge in [-0.2, -0.15) is 4.39 Å². The Morgan fingerprint density at radius 1 is 1.21 bits per heavy atom. The summed E-state index contributed by atoms with van der Waals surface area (Å²) in [7, 11) is 1.38. The van der Waals surface area contributed by atoms with Gasteiger partial charge in [-0.1, -0.05) is 68.3 Å². The normalized spacial score (nSPS) is 13.4. The molecule has 0 N–H and O–H groups in total. The van der Waals surface area contributed by atoms with E-state index in [9.17, 15) is 4.39 Å². The van der Waals surface area contributed by atoms with Gasteiger partial charge >= 0.3 is 0 Å². The van der Waals surface area contributed by atoms with Crippen molar-refractivity contribution in [1.82, 2.24) is 15.0 Å². The molecule has 14 heavy (non-hydrogen) atoms. The molecule has 0 saturated carbocycles. The Bertz CT molecular complexity index is 324. The fourth-order valence-corrected chi connectivity index (χ4v) is 1.47. The van der Waals surface area contributed by atoms with Gasteiger partial charge in [0.05, 0.1) is 0 Å². The van der Waals surface area contributed by atoms with Gasteiger partial charge in [0.1, 0.15) is 5.69 Å². The molecule has 1 aromatic heterocycles. The Morgan fingerprint density at radius 2 is 1.71 bits per heavy atom. The highest BCUT2D eigenvalue weighted by Crippen LogP contribution is 2.52. The van der Waals surface area contributed by atoms with Gasteiger partial charge in [0, 0.05) is 7.05 Å². The lowest BCUT2D eigenvalue weighted by atomic mass is 10.3. The monoisotopic (exact) mass is 299 g/mol. The average molecular weight is 301 g/mol. The predicted octanol–water partition coefficient (Wildman–Crippen LogP) is 2.95.